The maximum absolute atomic E-state index is 13.7. The van der Waals surface area contributed by atoms with Crippen molar-refractivity contribution in [1.29, 1.82) is 0 Å². The maximum Gasteiger partial charge on any atom is 0.244 e. The molecule has 2 rings (SSSR count). The van der Waals surface area contributed by atoms with Crippen LogP contribution in [-0.2, 0) is 26.2 Å². The molecule has 35 heavy (non-hydrogen) atoms. The highest BCUT2D eigenvalue weighted by atomic mass is 35.5. The maximum atomic E-state index is 13.7. The molecule has 2 aromatic rings. The molecule has 0 aliphatic rings. The van der Waals surface area contributed by atoms with Crippen LogP contribution in [0.4, 0.5) is 5.69 Å². The first-order chi connectivity index (χ1) is 16.5. The molecule has 0 saturated carbocycles. The molecule has 2 aromatic carbocycles. The van der Waals surface area contributed by atoms with Gasteiger partial charge < -0.3 is 10.2 Å². The predicted octanol–water partition coefficient (Wildman–Crippen LogP) is 4.45. The normalized spacial score (nSPS) is 12.2. The van der Waals surface area contributed by atoms with E-state index in [1.54, 1.807) is 25.1 Å². The van der Waals surface area contributed by atoms with Crippen molar-refractivity contribution in [3.05, 3.63) is 64.2 Å². The van der Waals surface area contributed by atoms with Crippen LogP contribution in [0, 0.1) is 13.8 Å². The summed E-state index contributed by atoms with van der Waals surface area (Å²) in [4.78, 5) is 28.3. The van der Waals surface area contributed by atoms with E-state index in [9.17, 15) is 18.0 Å². The number of nitrogens with one attached hydrogen (secondary N) is 1. The van der Waals surface area contributed by atoms with Crippen LogP contribution in [-0.4, -0.2) is 50.5 Å². The van der Waals surface area contributed by atoms with Crippen molar-refractivity contribution in [1.82, 2.24) is 10.2 Å². The van der Waals surface area contributed by atoms with Gasteiger partial charge in [-0.3, -0.25) is 13.9 Å². The fourth-order valence-electron chi connectivity index (χ4n) is 3.89. The molecular weight excluding hydrogens is 486 g/mol. The molecule has 0 bridgehead atoms. The molecule has 0 aromatic heterocycles. The van der Waals surface area contributed by atoms with Crippen LogP contribution in [0.1, 0.15) is 49.8 Å². The lowest BCUT2D eigenvalue weighted by Gasteiger charge is -2.33. The molecule has 192 valence electrons. The standard InChI is InChI=1S/C26H36ClN3O4S/c1-6-8-15-28-26(32)23(7-2)29(17-21-12-10-9-11-19(21)3)25(31)18-30(35(5,33)34)24-14-13-22(27)16-20(24)4/h9-14,16,23H,6-8,15,17-18H2,1-5H3,(H,28,32). The number of sulfonamides is 1. The quantitative estimate of drug-likeness (QED) is 0.418. The number of hydrogen-bond acceptors (Lipinski definition) is 4. The van der Waals surface area contributed by atoms with Gasteiger partial charge in [-0.15, -0.1) is 0 Å². The molecule has 9 heteroatoms. The predicted molar refractivity (Wildman–Crippen MR) is 142 cm³/mol. The Bertz CT molecular complexity index is 1140. The fourth-order valence-corrected chi connectivity index (χ4v) is 5.02. The third-order valence-electron chi connectivity index (χ3n) is 5.92. The van der Waals surface area contributed by atoms with Crippen molar-refractivity contribution in [2.24, 2.45) is 0 Å². The van der Waals surface area contributed by atoms with Gasteiger partial charge in [0.05, 0.1) is 11.9 Å². The van der Waals surface area contributed by atoms with Crippen LogP contribution < -0.4 is 9.62 Å². The lowest BCUT2D eigenvalue weighted by Crippen LogP contribution is -2.52. The largest absolute Gasteiger partial charge is 0.354 e. The van der Waals surface area contributed by atoms with Crippen LogP contribution >= 0.6 is 11.6 Å². The number of unbranched alkanes of at least 4 members (excludes halogenated alkanes) is 1. The van der Waals surface area contributed by atoms with Crippen LogP contribution in [0.15, 0.2) is 42.5 Å². The average molecular weight is 522 g/mol. The van der Waals surface area contributed by atoms with Gasteiger partial charge in [-0.05, 0) is 61.6 Å². The van der Waals surface area contributed by atoms with Gasteiger partial charge >= 0.3 is 0 Å². The lowest BCUT2D eigenvalue weighted by molar-refractivity contribution is -0.140. The summed E-state index contributed by atoms with van der Waals surface area (Å²) in [5, 5.41) is 3.40. The zero-order valence-electron chi connectivity index (χ0n) is 21.2. The summed E-state index contributed by atoms with van der Waals surface area (Å²) in [5.74, 6) is -0.693. The van der Waals surface area contributed by atoms with Gasteiger partial charge in [0.25, 0.3) is 0 Å². The van der Waals surface area contributed by atoms with E-state index >= 15 is 0 Å². The summed E-state index contributed by atoms with van der Waals surface area (Å²) in [6.07, 6.45) is 3.24. The Morgan fingerprint density at radius 2 is 1.74 bits per heavy atom. The Morgan fingerprint density at radius 3 is 2.31 bits per heavy atom. The smallest absolute Gasteiger partial charge is 0.244 e. The number of anilines is 1. The van der Waals surface area contributed by atoms with E-state index in [1.807, 2.05) is 45.0 Å². The lowest BCUT2D eigenvalue weighted by atomic mass is 10.1. The van der Waals surface area contributed by atoms with Crippen molar-refractivity contribution in [3.63, 3.8) is 0 Å². The molecule has 0 aliphatic heterocycles. The second-order valence-corrected chi connectivity index (χ2v) is 11.1. The number of amides is 2. The molecule has 0 fully saturated rings. The molecule has 0 saturated heterocycles. The molecular formula is C26H36ClN3O4S. The first-order valence-electron chi connectivity index (χ1n) is 11.8. The van der Waals surface area contributed by atoms with Crippen molar-refractivity contribution in [3.8, 4) is 0 Å². The van der Waals surface area contributed by atoms with Crippen LogP contribution in [0.3, 0.4) is 0 Å². The molecule has 0 aliphatic carbocycles. The van der Waals surface area contributed by atoms with Crippen LogP contribution in [0.25, 0.3) is 0 Å². The Kier molecular flexibility index (Phi) is 10.6. The Balaban J connectivity index is 2.45. The van der Waals surface area contributed by atoms with E-state index in [1.165, 1.54) is 4.90 Å². The Hall–Kier alpha value is -2.58. The van der Waals surface area contributed by atoms with E-state index in [0.29, 0.717) is 29.2 Å². The molecule has 0 radical (unpaired) electrons. The van der Waals surface area contributed by atoms with Crippen LogP contribution in [0.5, 0.6) is 0 Å². The highest BCUT2D eigenvalue weighted by Crippen LogP contribution is 2.26. The van der Waals surface area contributed by atoms with Crippen LogP contribution in [0.2, 0.25) is 5.02 Å². The van der Waals surface area contributed by atoms with Gasteiger partial charge in [0.2, 0.25) is 21.8 Å². The minimum Gasteiger partial charge on any atom is -0.354 e. The molecule has 0 heterocycles. The summed E-state index contributed by atoms with van der Waals surface area (Å²) in [7, 11) is -3.79. The minimum absolute atomic E-state index is 0.197. The van der Waals surface area contributed by atoms with Gasteiger partial charge in [-0.2, -0.15) is 0 Å². The number of halogens is 1. The minimum atomic E-state index is -3.79. The third kappa shape index (κ3) is 7.97. The number of hydrogen-bond donors (Lipinski definition) is 1. The number of carbonyl (C=O) groups excluding carboxylic acids is 2. The molecule has 1 unspecified atom stereocenters. The number of aryl methyl sites for hydroxylation is 2. The van der Waals surface area contributed by atoms with E-state index in [-0.39, 0.29) is 12.5 Å². The van der Waals surface area contributed by atoms with Gasteiger partial charge in [0, 0.05) is 18.1 Å². The topological polar surface area (TPSA) is 86.8 Å². The molecule has 0 spiro atoms. The summed E-state index contributed by atoms with van der Waals surface area (Å²) >= 11 is 6.06. The summed E-state index contributed by atoms with van der Waals surface area (Å²) in [5.41, 5.74) is 2.89. The monoisotopic (exact) mass is 521 g/mol. The highest BCUT2D eigenvalue weighted by Gasteiger charge is 2.32. The summed E-state index contributed by atoms with van der Waals surface area (Å²) < 4.78 is 26.5. The fraction of sp³-hybridized carbons (Fsp3) is 0.462. The van der Waals surface area contributed by atoms with Crippen molar-refractivity contribution in [2.45, 2.75) is 59.5 Å². The first-order valence-corrected chi connectivity index (χ1v) is 14.1. The second kappa shape index (κ2) is 12.9. The SMILES string of the molecule is CCCCNC(=O)C(CC)N(Cc1ccccc1C)C(=O)CN(c1ccc(Cl)cc1C)S(C)(=O)=O. The third-order valence-corrected chi connectivity index (χ3v) is 7.29. The Morgan fingerprint density at radius 1 is 1.06 bits per heavy atom. The molecule has 2 amide bonds. The molecule has 1 atom stereocenters. The number of nitrogens with zero attached hydrogens (tertiary/aromatic N) is 2. The van der Waals surface area contributed by atoms with E-state index in [0.717, 1.165) is 34.5 Å². The highest BCUT2D eigenvalue weighted by molar-refractivity contribution is 7.92. The van der Waals surface area contributed by atoms with Gasteiger partial charge in [-0.1, -0.05) is 56.1 Å². The summed E-state index contributed by atoms with van der Waals surface area (Å²) in [6.45, 7) is 7.87. The number of benzene rings is 2. The Labute approximate surface area is 214 Å². The van der Waals surface area contributed by atoms with Gasteiger partial charge in [-0.25, -0.2) is 8.42 Å². The number of rotatable bonds is 12. The van der Waals surface area contributed by atoms with Crippen molar-refractivity contribution in [2.75, 3.05) is 23.7 Å². The molecule has 7 nitrogen and oxygen atoms in total. The van der Waals surface area contributed by atoms with Crippen molar-refractivity contribution >= 4 is 39.1 Å². The average Bonchev–Trinajstić information content (AvgIpc) is 2.78. The van der Waals surface area contributed by atoms with Gasteiger partial charge in [0.1, 0.15) is 12.6 Å². The van der Waals surface area contributed by atoms with Gasteiger partial charge in [0.15, 0.2) is 0 Å². The molecule has 1 N–H and O–H groups in total. The zero-order chi connectivity index (χ0) is 26.2. The zero-order valence-corrected chi connectivity index (χ0v) is 22.7. The van der Waals surface area contributed by atoms with E-state index in [4.69, 9.17) is 11.6 Å². The summed E-state index contributed by atoms with van der Waals surface area (Å²) in [6, 6.07) is 11.8. The van der Waals surface area contributed by atoms with Crippen molar-refractivity contribution < 1.29 is 18.0 Å². The second-order valence-electron chi connectivity index (χ2n) is 8.72. The van der Waals surface area contributed by atoms with E-state index in [2.05, 4.69) is 5.32 Å². The first kappa shape index (κ1) is 28.7. The van der Waals surface area contributed by atoms with E-state index < -0.39 is 28.5 Å². The number of carbonyl (C=O) groups is 2.